The molecule has 2 aromatic carbocycles. The monoisotopic (exact) mass is 301 g/mol. The minimum Gasteiger partial charge on any atom is -0.388 e. The predicted octanol–water partition coefficient (Wildman–Crippen LogP) is 4.30. The highest BCUT2D eigenvalue weighted by Gasteiger charge is 2.14. The molecular formula is C17H13ClFNO. The van der Waals surface area contributed by atoms with Crippen molar-refractivity contribution in [1.29, 1.82) is 0 Å². The first-order valence-corrected chi connectivity index (χ1v) is 6.98. The van der Waals surface area contributed by atoms with Crippen LogP contribution in [0, 0.1) is 5.82 Å². The fourth-order valence-electron chi connectivity index (χ4n) is 2.41. The molecule has 0 aliphatic heterocycles. The Morgan fingerprint density at radius 1 is 1.14 bits per heavy atom. The lowest BCUT2D eigenvalue weighted by molar-refractivity contribution is 0.180. The number of aliphatic hydroxyl groups is 1. The lowest BCUT2D eigenvalue weighted by atomic mass is 9.98. The van der Waals surface area contributed by atoms with E-state index in [4.69, 9.17) is 11.6 Å². The number of aromatic nitrogens is 1. The van der Waals surface area contributed by atoms with Gasteiger partial charge in [-0.3, -0.25) is 4.98 Å². The number of halogens is 2. The summed E-state index contributed by atoms with van der Waals surface area (Å²) < 4.78 is 13.1. The van der Waals surface area contributed by atoms with Gasteiger partial charge in [-0.1, -0.05) is 35.9 Å². The largest absolute Gasteiger partial charge is 0.388 e. The normalized spacial score (nSPS) is 12.5. The molecule has 0 bridgehead atoms. The van der Waals surface area contributed by atoms with Gasteiger partial charge >= 0.3 is 0 Å². The topological polar surface area (TPSA) is 33.1 Å². The third-order valence-corrected chi connectivity index (χ3v) is 3.82. The Kier molecular flexibility index (Phi) is 3.86. The summed E-state index contributed by atoms with van der Waals surface area (Å²) >= 11 is 6.02. The molecular weight excluding hydrogens is 289 g/mol. The highest BCUT2D eigenvalue weighted by atomic mass is 35.5. The molecule has 1 unspecified atom stereocenters. The van der Waals surface area contributed by atoms with Gasteiger partial charge in [0.25, 0.3) is 0 Å². The summed E-state index contributed by atoms with van der Waals surface area (Å²) in [6.45, 7) is 0. The van der Waals surface area contributed by atoms with Crippen molar-refractivity contribution in [3.63, 3.8) is 0 Å². The summed E-state index contributed by atoms with van der Waals surface area (Å²) in [5.74, 6) is -0.382. The number of para-hydroxylation sites is 1. The molecule has 0 saturated carbocycles. The van der Waals surface area contributed by atoms with E-state index in [9.17, 15) is 9.50 Å². The maximum atomic E-state index is 13.1. The number of aliphatic hydroxyl groups excluding tert-OH is 1. The SMILES string of the molecule is OC(Cc1ccc(F)cc1Cl)c1ccnc2ccccc12. The zero-order valence-electron chi connectivity index (χ0n) is 11.1. The van der Waals surface area contributed by atoms with Crippen LogP contribution in [0.25, 0.3) is 10.9 Å². The zero-order chi connectivity index (χ0) is 14.8. The van der Waals surface area contributed by atoms with Gasteiger partial charge in [0.1, 0.15) is 5.82 Å². The molecule has 2 nitrogen and oxygen atoms in total. The van der Waals surface area contributed by atoms with Crippen LogP contribution in [-0.2, 0) is 6.42 Å². The molecule has 0 saturated heterocycles. The third kappa shape index (κ3) is 2.89. The lowest BCUT2D eigenvalue weighted by Gasteiger charge is -2.14. The van der Waals surface area contributed by atoms with E-state index < -0.39 is 6.10 Å². The maximum Gasteiger partial charge on any atom is 0.124 e. The Morgan fingerprint density at radius 3 is 2.76 bits per heavy atom. The van der Waals surface area contributed by atoms with E-state index >= 15 is 0 Å². The van der Waals surface area contributed by atoms with Crippen molar-refractivity contribution in [2.75, 3.05) is 0 Å². The number of pyridine rings is 1. The molecule has 0 amide bonds. The molecule has 0 radical (unpaired) electrons. The second kappa shape index (κ2) is 5.80. The first kappa shape index (κ1) is 14.0. The number of fused-ring (bicyclic) bond motifs is 1. The summed E-state index contributed by atoms with van der Waals surface area (Å²) in [5, 5.41) is 11.7. The molecule has 1 N–H and O–H groups in total. The molecule has 3 aromatic rings. The number of hydrogen-bond donors (Lipinski definition) is 1. The van der Waals surface area contributed by atoms with Gasteiger partial charge in [0.2, 0.25) is 0 Å². The second-order valence-corrected chi connectivity index (χ2v) is 5.28. The number of hydrogen-bond acceptors (Lipinski definition) is 2. The van der Waals surface area contributed by atoms with Gasteiger partial charge in [-0.25, -0.2) is 4.39 Å². The number of nitrogens with zero attached hydrogens (tertiary/aromatic N) is 1. The maximum absolute atomic E-state index is 13.1. The molecule has 0 aliphatic carbocycles. The average molecular weight is 302 g/mol. The van der Waals surface area contributed by atoms with Crippen LogP contribution in [0.3, 0.4) is 0 Å². The van der Waals surface area contributed by atoms with Crippen molar-refractivity contribution in [3.8, 4) is 0 Å². The molecule has 106 valence electrons. The van der Waals surface area contributed by atoms with Crippen molar-refractivity contribution >= 4 is 22.5 Å². The number of benzene rings is 2. The number of rotatable bonds is 3. The molecule has 0 spiro atoms. The van der Waals surface area contributed by atoms with E-state index in [-0.39, 0.29) is 5.82 Å². The van der Waals surface area contributed by atoms with Gasteiger partial charge in [0, 0.05) is 23.0 Å². The molecule has 4 heteroatoms. The van der Waals surface area contributed by atoms with E-state index in [1.54, 1.807) is 18.3 Å². The van der Waals surface area contributed by atoms with Crippen molar-refractivity contribution in [1.82, 2.24) is 4.98 Å². The first-order chi connectivity index (χ1) is 10.1. The van der Waals surface area contributed by atoms with E-state index in [1.807, 2.05) is 24.3 Å². The molecule has 0 aliphatic rings. The van der Waals surface area contributed by atoms with Gasteiger partial charge in [-0.05, 0) is 35.4 Å². The summed E-state index contributed by atoms with van der Waals surface area (Å²) in [4.78, 5) is 4.27. The fourth-order valence-corrected chi connectivity index (χ4v) is 2.66. The lowest BCUT2D eigenvalue weighted by Crippen LogP contribution is -2.03. The van der Waals surface area contributed by atoms with E-state index in [0.717, 1.165) is 16.5 Å². The van der Waals surface area contributed by atoms with Gasteiger partial charge in [0.15, 0.2) is 0 Å². The Hall–Kier alpha value is -1.97. The van der Waals surface area contributed by atoms with Crippen LogP contribution < -0.4 is 0 Å². The minimum atomic E-state index is -0.721. The summed E-state index contributed by atoms with van der Waals surface area (Å²) in [6, 6.07) is 13.6. The highest BCUT2D eigenvalue weighted by molar-refractivity contribution is 6.31. The van der Waals surface area contributed by atoms with Gasteiger partial charge in [0.05, 0.1) is 11.6 Å². The predicted molar refractivity (Wildman–Crippen MR) is 81.8 cm³/mol. The van der Waals surface area contributed by atoms with Crippen LogP contribution in [0.1, 0.15) is 17.2 Å². The smallest absolute Gasteiger partial charge is 0.124 e. The molecule has 0 fully saturated rings. The molecule has 1 aromatic heterocycles. The van der Waals surface area contributed by atoms with Crippen LogP contribution in [-0.4, -0.2) is 10.1 Å². The van der Waals surface area contributed by atoms with Gasteiger partial charge < -0.3 is 5.11 Å². The Bertz CT molecular complexity index is 785. The zero-order valence-corrected chi connectivity index (χ0v) is 11.9. The quantitative estimate of drug-likeness (QED) is 0.782. The Morgan fingerprint density at radius 2 is 1.95 bits per heavy atom. The van der Waals surface area contributed by atoms with Crippen LogP contribution in [0.15, 0.2) is 54.7 Å². The summed E-state index contributed by atoms with van der Waals surface area (Å²) in [7, 11) is 0. The van der Waals surface area contributed by atoms with Crippen LogP contribution in [0.4, 0.5) is 4.39 Å². The summed E-state index contributed by atoms with van der Waals surface area (Å²) in [5.41, 5.74) is 2.34. The van der Waals surface area contributed by atoms with Crippen LogP contribution in [0.2, 0.25) is 5.02 Å². The molecule has 1 atom stereocenters. The van der Waals surface area contributed by atoms with Crippen molar-refractivity contribution in [2.45, 2.75) is 12.5 Å². The van der Waals surface area contributed by atoms with Crippen molar-refractivity contribution in [3.05, 3.63) is 76.7 Å². The Labute approximate surface area is 126 Å². The first-order valence-electron chi connectivity index (χ1n) is 6.61. The Balaban J connectivity index is 1.95. The summed E-state index contributed by atoms with van der Waals surface area (Å²) in [6.07, 6.45) is 1.28. The standard InChI is InChI=1S/C17H13ClFNO/c18-15-10-12(19)6-5-11(15)9-17(21)14-7-8-20-16-4-2-1-3-13(14)16/h1-8,10,17,21H,9H2. The van der Waals surface area contributed by atoms with E-state index in [2.05, 4.69) is 4.98 Å². The van der Waals surface area contributed by atoms with E-state index in [0.29, 0.717) is 17.0 Å². The van der Waals surface area contributed by atoms with Crippen LogP contribution in [0.5, 0.6) is 0 Å². The average Bonchev–Trinajstić information content (AvgIpc) is 2.49. The third-order valence-electron chi connectivity index (χ3n) is 3.47. The van der Waals surface area contributed by atoms with Gasteiger partial charge in [-0.2, -0.15) is 0 Å². The minimum absolute atomic E-state index is 0.326. The van der Waals surface area contributed by atoms with Crippen molar-refractivity contribution in [2.24, 2.45) is 0 Å². The second-order valence-electron chi connectivity index (χ2n) is 4.87. The fraction of sp³-hybridized carbons (Fsp3) is 0.118. The molecule has 1 heterocycles. The molecule has 3 rings (SSSR count). The van der Waals surface area contributed by atoms with E-state index in [1.165, 1.54) is 12.1 Å². The van der Waals surface area contributed by atoms with Crippen LogP contribution >= 0.6 is 11.6 Å². The van der Waals surface area contributed by atoms with Gasteiger partial charge in [-0.15, -0.1) is 0 Å². The highest BCUT2D eigenvalue weighted by Crippen LogP contribution is 2.28. The van der Waals surface area contributed by atoms with Crippen molar-refractivity contribution < 1.29 is 9.50 Å². The molecule has 21 heavy (non-hydrogen) atoms.